The summed E-state index contributed by atoms with van der Waals surface area (Å²) in [4.78, 5) is 33.7. The third kappa shape index (κ3) is 7.17. The molecule has 0 radical (unpaired) electrons. The molecule has 1 atom stereocenters. The molecule has 1 unspecified atom stereocenters. The number of hydrogen-bond acceptors (Lipinski definition) is 4. The van der Waals surface area contributed by atoms with E-state index in [4.69, 9.17) is 0 Å². The van der Waals surface area contributed by atoms with Gasteiger partial charge in [0, 0.05) is 35.5 Å². The SMILES string of the molecule is CCCc1ccc(-c2cnc(-c3ccc(CC(NC(=O)c4ccc(C(C)(C)C)cc4)C(=O)O)cc3)nc2)cc1. The van der Waals surface area contributed by atoms with Crippen LogP contribution in [0.3, 0.4) is 0 Å². The molecule has 0 fully saturated rings. The third-order valence-electron chi connectivity index (χ3n) is 6.75. The summed E-state index contributed by atoms with van der Waals surface area (Å²) in [6.07, 6.45) is 5.98. The Morgan fingerprint density at radius 1 is 0.795 bits per heavy atom. The molecule has 2 N–H and O–H groups in total. The molecule has 1 aromatic heterocycles. The third-order valence-corrected chi connectivity index (χ3v) is 6.75. The molecule has 1 heterocycles. The number of benzene rings is 3. The summed E-state index contributed by atoms with van der Waals surface area (Å²) < 4.78 is 0. The molecule has 4 aromatic rings. The van der Waals surface area contributed by atoms with Gasteiger partial charge in [-0.05, 0) is 46.2 Å². The molecule has 6 nitrogen and oxygen atoms in total. The highest BCUT2D eigenvalue weighted by Gasteiger charge is 2.22. The molecular weight excluding hydrogens is 486 g/mol. The molecule has 4 rings (SSSR count). The van der Waals surface area contributed by atoms with Crippen LogP contribution >= 0.6 is 0 Å². The highest BCUT2D eigenvalue weighted by molar-refractivity contribution is 5.96. The molecule has 0 aliphatic carbocycles. The normalized spacial score (nSPS) is 12.1. The minimum Gasteiger partial charge on any atom is -0.480 e. The van der Waals surface area contributed by atoms with Gasteiger partial charge in [-0.15, -0.1) is 0 Å². The molecule has 0 saturated heterocycles. The highest BCUT2D eigenvalue weighted by atomic mass is 16.4. The number of aryl methyl sites for hydroxylation is 1. The lowest BCUT2D eigenvalue weighted by Crippen LogP contribution is -2.42. The van der Waals surface area contributed by atoms with Gasteiger partial charge in [-0.25, -0.2) is 14.8 Å². The van der Waals surface area contributed by atoms with Gasteiger partial charge in [-0.1, -0.05) is 94.8 Å². The first-order valence-electron chi connectivity index (χ1n) is 13.3. The van der Waals surface area contributed by atoms with Crippen molar-refractivity contribution in [3.8, 4) is 22.5 Å². The van der Waals surface area contributed by atoms with Crippen molar-refractivity contribution < 1.29 is 14.7 Å². The molecule has 0 aliphatic rings. The maximum Gasteiger partial charge on any atom is 0.326 e. The highest BCUT2D eigenvalue weighted by Crippen LogP contribution is 2.23. The fraction of sp³-hybridized carbons (Fsp3) is 0.273. The molecular formula is C33H35N3O3. The fourth-order valence-corrected chi connectivity index (χ4v) is 4.37. The van der Waals surface area contributed by atoms with Gasteiger partial charge in [0.15, 0.2) is 5.82 Å². The van der Waals surface area contributed by atoms with Crippen LogP contribution in [0, 0.1) is 0 Å². The van der Waals surface area contributed by atoms with E-state index in [0.29, 0.717) is 11.4 Å². The number of carboxylic acids is 1. The quantitative estimate of drug-likeness (QED) is 0.263. The van der Waals surface area contributed by atoms with Crippen molar-refractivity contribution in [2.24, 2.45) is 0 Å². The Kier molecular flexibility index (Phi) is 8.55. The van der Waals surface area contributed by atoms with E-state index in [1.54, 1.807) is 12.1 Å². The molecule has 1 amide bonds. The standard InChI is InChI=1S/C33H35N3O3/c1-5-6-22-7-11-24(12-8-22)27-20-34-30(35-21-27)25-13-9-23(10-14-25)19-29(32(38)39)36-31(37)26-15-17-28(18-16-26)33(2,3)4/h7-18,20-21,29H,5-6,19H2,1-4H3,(H,36,37)(H,38,39). The fourth-order valence-electron chi connectivity index (χ4n) is 4.37. The summed E-state index contributed by atoms with van der Waals surface area (Å²) in [6.45, 7) is 8.47. The number of carbonyl (C=O) groups excluding carboxylic acids is 1. The van der Waals surface area contributed by atoms with Gasteiger partial charge in [-0.2, -0.15) is 0 Å². The topological polar surface area (TPSA) is 92.2 Å². The average molecular weight is 522 g/mol. The molecule has 0 spiro atoms. The van der Waals surface area contributed by atoms with Gasteiger partial charge < -0.3 is 10.4 Å². The minimum absolute atomic E-state index is 0.0296. The first-order chi connectivity index (χ1) is 18.6. The van der Waals surface area contributed by atoms with Crippen LogP contribution in [0.1, 0.15) is 61.2 Å². The molecule has 0 bridgehead atoms. The van der Waals surface area contributed by atoms with Gasteiger partial charge in [0.05, 0.1) is 0 Å². The van der Waals surface area contributed by atoms with E-state index >= 15 is 0 Å². The summed E-state index contributed by atoms with van der Waals surface area (Å²) in [5.41, 5.74) is 6.47. The number of rotatable bonds is 9. The van der Waals surface area contributed by atoms with Crippen molar-refractivity contribution in [2.45, 2.75) is 58.4 Å². The van der Waals surface area contributed by atoms with E-state index < -0.39 is 17.9 Å². The van der Waals surface area contributed by atoms with Crippen molar-refractivity contribution in [3.63, 3.8) is 0 Å². The van der Waals surface area contributed by atoms with Crippen LogP contribution in [0.15, 0.2) is 85.2 Å². The minimum atomic E-state index is -1.08. The smallest absolute Gasteiger partial charge is 0.326 e. The second-order valence-electron chi connectivity index (χ2n) is 10.8. The Balaban J connectivity index is 1.40. The first kappa shape index (κ1) is 27.7. The summed E-state index contributed by atoms with van der Waals surface area (Å²) in [6, 6.07) is 22.1. The zero-order valence-electron chi connectivity index (χ0n) is 22.9. The molecule has 0 saturated carbocycles. The number of aromatic nitrogens is 2. The maximum atomic E-state index is 12.7. The number of carboxylic acid groups (broad SMARTS) is 1. The summed E-state index contributed by atoms with van der Waals surface area (Å²) in [5, 5.41) is 12.4. The van der Waals surface area contributed by atoms with Crippen LogP contribution in [0.5, 0.6) is 0 Å². The van der Waals surface area contributed by atoms with Crippen LogP contribution < -0.4 is 5.32 Å². The van der Waals surface area contributed by atoms with Crippen molar-refractivity contribution in [3.05, 3.63) is 107 Å². The van der Waals surface area contributed by atoms with E-state index in [1.807, 2.05) is 48.8 Å². The van der Waals surface area contributed by atoms with Crippen LogP contribution in [0.4, 0.5) is 0 Å². The maximum absolute atomic E-state index is 12.7. The summed E-state index contributed by atoms with van der Waals surface area (Å²) in [7, 11) is 0. The van der Waals surface area contributed by atoms with Crippen molar-refractivity contribution >= 4 is 11.9 Å². The molecule has 6 heteroatoms. The molecule has 39 heavy (non-hydrogen) atoms. The zero-order chi connectivity index (χ0) is 28.0. The van der Waals surface area contributed by atoms with Gasteiger partial charge in [-0.3, -0.25) is 4.79 Å². The molecule has 0 aliphatic heterocycles. The van der Waals surface area contributed by atoms with E-state index in [1.165, 1.54) is 5.56 Å². The van der Waals surface area contributed by atoms with Crippen LogP contribution in [0.25, 0.3) is 22.5 Å². The number of aliphatic carboxylic acids is 1. The van der Waals surface area contributed by atoms with E-state index in [0.717, 1.165) is 40.7 Å². The predicted molar refractivity (Wildman–Crippen MR) is 155 cm³/mol. The van der Waals surface area contributed by atoms with Crippen LogP contribution in [0.2, 0.25) is 0 Å². The molecule has 200 valence electrons. The Labute approximate surface area is 230 Å². The van der Waals surface area contributed by atoms with E-state index in [2.05, 4.69) is 67.2 Å². The number of nitrogens with one attached hydrogen (secondary N) is 1. The Bertz CT molecular complexity index is 1400. The Morgan fingerprint density at radius 2 is 1.36 bits per heavy atom. The van der Waals surface area contributed by atoms with Crippen LogP contribution in [-0.4, -0.2) is 33.0 Å². The second-order valence-corrected chi connectivity index (χ2v) is 10.8. The van der Waals surface area contributed by atoms with Crippen molar-refractivity contribution in [1.29, 1.82) is 0 Å². The number of amides is 1. The predicted octanol–water partition coefficient (Wildman–Crippen LogP) is 6.49. The lowest BCUT2D eigenvalue weighted by atomic mass is 9.86. The van der Waals surface area contributed by atoms with Gasteiger partial charge in [0.2, 0.25) is 0 Å². The molecule has 3 aromatic carbocycles. The lowest BCUT2D eigenvalue weighted by molar-refractivity contribution is -0.139. The lowest BCUT2D eigenvalue weighted by Gasteiger charge is -2.19. The largest absolute Gasteiger partial charge is 0.480 e. The van der Waals surface area contributed by atoms with Crippen LogP contribution in [-0.2, 0) is 23.1 Å². The van der Waals surface area contributed by atoms with Crippen molar-refractivity contribution in [2.75, 3.05) is 0 Å². The Morgan fingerprint density at radius 3 is 1.90 bits per heavy atom. The second kappa shape index (κ2) is 12.0. The number of carbonyl (C=O) groups is 2. The number of nitrogens with zero attached hydrogens (tertiary/aromatic N) is 2. The van der Waals surface area contributed by atoms with Gasteiger partial charge >= 0.3 is 5.97 Å². The van der Waals surface area contributed by atoms with Gasteiger partial charge in [0.1, 0.15) is 6.04 Å². The van der Waals surface area contributed by atoms with E-state index in [9.17, 15) is 14.7 Å². The zero-order valence-corrected chi connectivity index (χ0v) is 22.9. The van der Waals surface area contributed by atoms with Crippen molar-refractivity contribution in [1.82, 2.24) is 15.3 Å². The monoisotopic (exact) mass is 521 g/mol. The Hall–Kier alpha value is -4.32. The average Bonchev–Trinajstić information content (AvgIpc) is 2.93. The number of hydrogen-bond donors (Lipinski definition) is 2. The van der Waals surface area contributed by atoms with Gasteiger partial charge in [0.25, 0.3) is 5.91 Å². The summed E-state index contributed by atoms with van der Waals surface area (Å²) >= 11 is 0. The first-order valence-corrected chi connectivity index (χ1v) is 13.3. The van der Waals surface area contributed by atoms with E-state index in [-0.39, 0.29) is 11.8 Å². The summed E-state index contributed by atoms with van der Waals surface area (Å²) in [5.74, 6) is -0.900.